The van der Waals surface area contributed by atoms with E-state index in [4.69, 9.17) is 10.5 Å². The zero-order valence-electron chi connectivity index (χ0n) is 14.2. The average Bonchev–Trinajstić information content (AvgIpc) is 2.56. The van der Waals surface area contributed by atoms with Gasteiger partial charge in [0.15, 0.2) is 5.78 Å². The Hall–Kier alpha value is -2.49. The van der Waals surface area contributed by atoms with Crippen LogP contribution in [0.25, 0.3) is 0 Å². The van der Waals surface area contributed by atoms with Crippen LogP contribution in [-0.2, 0) is 0 Å². The van der Waals surface area contributed by atoms with Crippen molar-refractivity contribution in [3.8, 4) is 5.75 Å². The number of methoxy groups -OCH3 is 1. The first-order valence-electron chi connectivity index (χ1n) is 7.85. The van der Waals surface area contributed by atoms with Gasteiger partial charge < -0.3 is 15.4 Å². The minimum absolute atomic E-state index is 0.0802. The zero-order chi connectivity index (χ0) is 17.0. The number of anilines is 2. The van der Waals surface area contributed by atoms with Crippen LogP contribution < -0.4 is 15.4 Å². The van der Waals surface area contributed by atoms with Crippen LogP contribution in [0, 0.1) is 6.92 Å². The Labute approximate surface area is 137 Å². The van der Waals surface area contributed by atoms with Gasteiger partial charge in [-0.3, -0.25) is 4.79 Å². The maximum Gasteiger partial charge on any atom is 0.196 e. The van der Waals surface area contributed by atoms with E-state index in [1.807, 2.05) is 37.3 Å². The van der Waals surface area contributed by atoms with E-state index in [0.717, 1.165) is 24.3 Å². The first-order chi connectivity index (χ1) is 11.0. The number of rotatable bonds is 6. The van der Waals surface area contributed by atoms with Crippen LogP contribution in [0.15, 0.2) is 36.4 Å². The summed E-state index contributed by atoms with van der Waals surface area (Å²) in [6.45, 7) is 7.87. The fourth-order valence-corrected chi connectivity index (χ4v) is 2.70. The number of nitrogen functional groups attached to an aromatic ring is 1. The average molecular weight is 312 g/mol. The second-order valence-electron chi connectivity index (χ2n) is 5.48. The van der Waals surface area contributed by atoms with E-state index in [1.165, 1.54) is 0 Å². The van der Waals surface area contributed by atoms with E-state index in [-0.39, 0.29) is 5.78 Å². The quantitative estimate of drug-likeness (QED) is 0.653. The molecule has 0 aliphatic rings. The number of hydrogen-bond acceptors (Lipinski definition) is 4. The fraction of sp³-hybridized carbons (Fsp3) is 0.316. The first-order valence-corrected chi connectivity index (χ1v) is 7.85. The smallest absolute Gasteiger partial charge is 0.196 e. The lowest BCUT2D eigenvalue weighted by molar-refractivity contribution is 0.103. The van der Waals surface area contributed by atoms with Gasteiger partial charge in [0, 0.05) is 18.7 Å². The molecule has 2 aromatic rings. The Kier molecular flexibility index (Phi) is 5.27. The number of aryl methyl sites for hydroxylation is 1. The molecule has 0 atom stereocenters. The summed E-state index contributed by atoms with van der Waals surface area (Å²) in [5, 5.41) is 0. The van der Waals surface area contributed by atoms with E-state index in [9.17, 15) is 4.79 Å². The van der Waals surface area contributed by atoms with E-state index < -0.39 is 0 Å². The highest BCUT2D eigenvalue weighted by molar-refractivity contribution is 6.11. The van der Waals surface area contributed by atoms with Crippen LogP contribution in [0.5, 0.6) is 5.75 Å². The Morgan fingerprint density at radius 1 is 1.13 bits per heavy atom. The summed E-state index contributed by atoms with van der Waals surface area (Å²) in [5.41, 5.74) is 9.89. The van der Waals surface area contributed by atoms with Crippen LogP contribution in [0.3, 0.4) is 0 Å². The largest absolute Gasteiger partial charge is 0.496 e. The van der Waals surface area contributed by atoms with E-state index in [0.29, 0.717) is 22.6 Å². The van der Waals surface area contributed by atoms with E-state index >= 15 is 0 Å². The maximum atomic E-state index is 12.8. The number of ketones is 1. The standard InChI is InChI=1S/C19H24N2O2/c1-5-21(6-2)17-9-8-14(12-16(17)20)19(22)15-11-13(3)7-10-18(15)23-4/h7-12H,5-6,20H2,1-4H3. The molecule has 0 saturated heterocycles. The third-order valence-corrected chi connectivity index (χ3v) is 3.99. The van der Waals surface area contributed by atoms with Crippen LogP contribution >= 0.6 is 0 Å². The number of nitrogens with zero attached hydrogens (tertiary/aromatic N) is 1. The highest BCUT2D eigenvalue weighted by Crippen LogP contribution is 2.28. The molecule has 2 N–H and O–H groups in total. The molecule has 0 heterocycles. The van der Waals surface area contributed by atoms with Crippen molar-refractivity contribution >= 4 is 17.2 Å². The molecule has 2 rings (SSSR count). The number of benzene rings is 2. The normalized spacial score (nSPS) is 10.4. The Bertz CT molecular complexity index is 707. The first kappa shape index (κ1) is 16.9. The van der Waals surface area contributed by atoms with Crippen molar-refractivity contribution in [2.24, 2.45) is 0 Å². The van der Waals surface area contributed by atoms with Crippen molar-refractivity contribution in [3.63, 3.8) is 0 Å². The monoisotopic (exact) mass is 312 g/mol. The zero-order valence-corrected chi connectivity index (χ0v) is 14.2. The molecule has 0 spiro atoms. The molecule has 0 bridgehead atoms. The molecular formula is C19H24N2O2. The topological polar surface area (TPSA) is 55.6 Å². The molecule has 0 aliphatic carbocycles. The molecule has 0 radical (unpaired) electrons. The summed E-state index contributed by atoms with van der Waals surface area (Å²) in [7, 11) is 1.57. The number of carbonyl (C=O) groups is 1. The minimum Gasteiger partial charge on any atom is -0.496 e. The van der Waals surface area contributed by atoms with Gasteiger partial charge in [-0.1, -0.05) is 11.6 Å². The van der Waals surface area contributed by atoms with Crippen molar-refractivity contribution in [2.75, 3.05) is 30.8 Å². The van der Waals surface area contributed by atoms with Crippen molar-refractivity contribution < 1.29 is 9.53 Å². The molecule has 122 valence electrons. The van der Waals surface area contributed by atoms with Gasteiger partial charge in [-0.15, -0.1) is 0 Å². The van der Waals surface area contributed by atoms with Gasteiger partial charge in [-0.2, -0.15) is 0 Å². The molecule has 0 aromatic heterocycles. The Balaban J connectivity index is 2.41. The van der Waals surface area contributed by atoms with Crippen LogP contribution in [0.2, 0.25) is 0 Å². The van der Waals surface area contributed by atoms with Gasteiger partial charge >= 0.3 is 0 Å². The highest BCUT2D eigenvalue weighted by atomic mass is 16.5. The van der Waals surface area contributed by atoms with Gasteiger partial charge in [0.2, 0.25) is 0 Å². The SMILES string of the molecule is CCN(CC)c1ccc(C(=O)c2cc(C)ccc2OC)cc1N. The van der Waals surface area contributed by atoms with E-state index in [2.05, 4.69) is 18.7 Å². The van der Waals surface area contributed by atoms with Gasteiger partial charge in [0.1, 0.15) is 5.75 Å². The van der Waals surface area contributed by atoms with Gasteiger partial charge in [-0.05, 0) is 51.1 Å². The summed E-state index contributed by atoms with van der Waals surface area (Å²) in [6.07, 6.45) is 0. The van der Waals surface area contributed by atoms with Crippen molar-refractivity contribution in [2.45, 2.75) is 20.8 Å². The predicted octanol–water partition coefficient (Wildman–Crippen LogP) is 3.66. The minimum atomic E-state index is -0.0802. The summed E-state index contributed by atoms with van der Waals surface area (Å²) in [4.78, 5) is 15.0. The van der Waals surface area contributed by atoms with Crippen LogP contribution in [0.4, 0.5) is 11.4 Å². The number of carbonyl (C=O) groups excluding carboxylic acids is 1. The van der Waals surface area contributed by atoms with Crippen LogP contribution in [-0.4, -0.2) is 26.0 Å². The second-order valence-corrected chi connectivity index (χ2v) is 5.48. The molecule has 0 fully saturated rings. The molecule has 23 heavy (non-hydrogen) atoms. The lowest BCUT2D eigenvalue weighted by Gasteiger charge is -2.23. The summed E-state index contributed by atoms with van der Waals surface area (Å²) in [6, 6.07) is 11.1. The van der Waals surface area contributed by atoms with Gasteiger partial charge in [0.25, 0.3) is 0 Å². The maximum absolute atomic E-state index is 12.8. The number of nitrogens with two attached hydrogens (primary N) is 1. The fourth-order valence-electron chi connectivity index (χ4n) is 2.70. The third kappa shape index (κ3) is 3.47. The van der Waals surface area contributed by atoms with Gasteiger partial charge in [-0.25, -0.2) is 0 Å². The number of hydrogen-bond donors (Lipinski definition) is 1. The van der Waals surface area contributed by atoms with Crippen molar-refractivity contribution in [1.82, 2.24) is 0 Å². The van der Waals surface area contributed by atoms with Gasteiger partial charge in [0.05, 0.1) is 24.0 Å². The highest BCUT2D eigenvalue weighted by Gasteiger charge is 2.16. The predicted molar refractivity (Wildman–Crippen MR) is 95.6 cm³/mol. The molecule has 2 aromatic carbocycles. The Morgan fingerprint density at radius 2 is 1.83 bits per heavy atom. The second kappa shape index (κ2) is 7.18. The molecular weight excluding hydrogens is 288 g/mol. The Morgan fingerprint density at radius 3 is 2.39 bits per heavy atom. The lowest BCUT2D eigenvalue weighted by atomic mass is 9.99. The van der Waals surface area contributed by atoms with Crippen molar-refractivity contribution in [3.05, 3.63) is 53.1 Å². The van der Waals surface area contributed by atoms with Crippen molar-refractivity contribution in [1.29, 1.82) is 0 Å². The molecule has 0 unspecified atom stereocenters. The molecule has 0 aliphatic heterocycles. The van der Waals surface area contributed by atoms with Crippen LogP contribution in [0.1, 0.15) is 35.3 Å². The molecule has 4 heteroatoms. The molecule has 0 saturated carbocycles. The number of ether oxygens (including phenoxy) is 1. The molecule has 0 amide bonds. The third-order valence-electron chi connectivity index (χ3n) is 3.99. The lowest BCUT2D eigenvalue weighted by Crippen LogP contribution is -2.23. The summed E-state index contributed by atoms with van der Waals surface area (Å²) < 4.78 is 5.31. The summed E-state index contributed by atoms with van der Waals surface area (Å²) >= 11 is 0. The molecule has 4 nitrogen and oxygen atoms in total. The summed E-state index contributed by atoms with van der Waals surface area (Å²) in [5.74, 6) is 0.496. The van der Waals surface area contributed by atoms with E-state index in [1.54, 1.807) is 13.2 Å².